The van der Waals surface area contributed by atoms with Crippen LogP contribution in [-0.2, 0) is 11.2 Å². The first-order valence-corrected chi connectivity index (χ1v) is 9.65. The topological polar surface area (TPSA) is 54.9 Å². The first kappa shape index (κ1) is 18.1. The van der Waals surface area contributed by atoms with Crippen molar-refractivity contribution in [3.05, 3.63) is 29.8 Å². The second-order valence-electron chi connectivity index (χ2n) is 6.93. The standard InChI is InChI=1S/C20H31N3O2/c1-21-20(23-15-19-7-4-14-24-19)22-13-12-16-8-10-18(11-9-16)25-17-5-2-3-6-17/h8-11,17,19H,2-7,12-15H2,1H3,(H2,21,22,23). The Kier molecular flexibility index (Phi) is 6.98. The molecule has 1 saturated heterocycles. The molecule has 0 radical (unpaired) electrons. The van der Waals surface area contributed by atoms with Crippen molar-refractivity contribution < 1.29 is 9.47 Å². The summed E-state index contributed by atoms with van der Waals surface area (Å²) in [5.41, 5.74) is 1.31. The van der Waals surface area contributed by atoms with Crippen LogP contribution in [0.2, 0.25) is 0 Å². The predicted octanol–water partition coefficient (Wildman–Crippen LogP) is 2.89. The van der Waals surface area contributed by atoms with E-state index in [0.29, 0.717) is 12.2 Å². The summed E-state index contributed by atoms with van der Waals surface area (Å²) >= 11 is 0. The van der Waals surface area contributed by atoms with Crippen molar-refractivity contribution in [2.24, 2.45) is 4.99 Å². The smallest absolute Gasteiger partial charge is 0.191 e. The van der Waals surface area contributed by atoms with Gasteiger partial charge in [-0.3, -0.25) is 4.99 Å². The molecule has 0 spiro atoms. The molecule has 1 unspecified atom stereocenters. The molecule has 1 aliphatic heterocycles. The van der Waals surface area contributed by atoms with Gasteiger partial charge in [-0.25, -0.2) is 0 Å². The van der Waals surface area contributed by atoms with Crippen molar-refractivity contribution in [1.82, 2.24) is 10.6 Å². The van der Waals surface area contributed by atoms with Crippen LogP contribution < -0.4 is 15.4 Å². The Morgan fingerprint density at radius 3 is 2.60 bits per heavy atom. The molecule has 2 N–H and O–H groups in total. The number of hydrogen-bond acceptors (Lipinski definition) is 3. The number of benzene rings is 1. The van der Waals surface area contributed by atoms with Crippen molar-refractivity contribution in [3.8, 4) is 5.75 Å². The Balaban J connectivity index is 1.35. The molecule has 1 saturated carbocycles. The highest BCUT2D eigenvalue weighted by Crippen LogP contribution is 2.24. The number of nitrogens with one attached hydrogen (secondary N) is 2. The Morgan fingerprint density at radius 1 is 1.12 bits per heavy atom. The van der Waals surface area contributed by atoms with Crippen molar-refractivity contribution in [2.75, 3.05) is 26.7 Å². The molecule has 138 valence electrons. The van der Waals surface area contributed by atoms with Crippen LogP contribution in [0.25, 0.3) is 0 Å². The van der Waals surface area contributed by atoms with E-state index in [1.807, 2.05) is 0 Å². The summed E-state index contributed by atoms with van der Waals surface area (Å²) in [4.78, 5) is 4.27. The van der Waals surface area contributed by atoms with E-state index in [0.717, 1.165) is 44.2 Å². The number of rotatable bonds is 7. The van der Waals surface area contributed by atoms with Gasteiger partial charge in [-0.1, -0.05) is 12.1 Å². The summed E-state index contributed by atoms with van der Waals surface area (Å²) in [7, 11) is 1.81. The van der Waals surface area contributed by atoms with Gasteiger partial charge in [-0.2, -0.15) is 0 Å². The van der Waals surface area contributed by atoms with E-state index >= 15 is 0 Å². The Morgan fingerprint density at radius 2 is 1.92 bits per heavy atom. The first-order chi connectivity index (χ1) is 12.3. The van der Waals surface area contributed by atoms with Crippen LogP contribution in [0.15, 0.2) is 29.3 Å². The summed E-state index contributed by atoms with van der Waals surface area (Å²) in [5.74, 6) is 1.84. The Hall–Kier alpha value is -1.75. The van der Waals surface area contributed by atoms with Gasteiger partial charge < -0.3 is 20.1 Å². The monoisotopic (exact) mass is 345 g/mol. The minimum absolute atomic E-state index is 0.325. The lowest BCUT2D eigenvalue weighted by molar-refractivity contribution is 0.114. The van der Waals surface area contributed by atoms with Gasteiger partial charge >= 0.3 is 0 Å². The summed E-state index contributed by atoms with van der Waals surface area (Å²) in [6, 6.07) is 8.51. The summed E-state index contributed by atoms with van der Waals surface area (Å²) in [6.45, 7) is 2.57. The molecular weight excluding hydrogens is 314 g/mol. The minimum Gasteiger partial charge on any atom is -0.490 e. The largest absolute Gasteiger partial charge is 0.490 e. The van der Waals surface area contributed by atoms with Gasteiger partial charge in [0.25, 0.3) is 0 Å². The van der Waals surface area contributed by atoms with Gasteiger partial charge in [0.05, 0.1) is 12.2 Å². The number of aliphatic imine (C=N–C) groups is 1. The lowest BCUT2D eigenvalue weighted by Gasteiger charge is -2.15. The van der Waals surface area contributed by atoms with Crippen LogP contribution in [0.1, 0.15) is 44.1 Å². The fourth-order valence-corrected chi connectivity index (χ4v) is 3.50. The highest BCUT2D eigenvalue weighted by molar-refractivity contribution is 5.79. The van der Waals surface area contributed by atoms with E-state index in [9.17, 15) is 0 Å². The van der Waals surface area contributed by atoms with Gasteiger partial charge in [0.2, 0.25) is 0 Å². The average Bonchev–Trinajstić information content (AvgIpc) is 3.33. The number of ether oxygens (including phenoxy) is 2. The zero-order valence-electron chi connectivity index (χ0n) is 15.3. The van der Waals surface area contributed by atoms with E-state index in [2.05, 4.69) is 39.9 Å². The summed E-state index contributed by atoms with van der Waals surface area (Å²) < 4.78 is 11.6. The zero-order valence-corrected chi connectivity index (χ0v) is 15.3. The molecule has 5 heteroatoms. The number of guanidine groups is 1. The predicted molar refractivity (Wildman–Crippen MR) is 101 cm³/mol. The molecule has 5 nitrogen and oxygen atoms in total. The van der Waals surface area contributed by atoms with Gasteiger partial charge in [-0.15, -0.1) is 0 Å². The van der Waals surface area contributed by atoms with E-state index in [4.69, 9.17) is 9.47 Å². The number of hydrogen-bond donors (Lipinski definition) is 2. The highest BCUT2D eigenvalue weighted by atomic mass is 16.5. The highest BCUT2D eigenvalue weighted by Gasteiger charge is 2.16. The SMILES string of the molecule is CN=C(NCCc1ccc(OC2CCCC2)cc1)NCC1CCCO1. The quantitative estimate of drug-likeness (QED) is 0.589. The fourth-order valence-electron chi connectivity index (χ4n) is 3.50. The lowest BCUT2D eigenvalue weighted by atomic mass is 10.1. The Labute approximate surface area is 151 Å². The minimum atomic E-state index is 0.325. The van der Waals surface area contributed by atoms with Crippen molar-refractivity contribution >= 4 is 5.96 Å². The second-order valence-corrected chi connectivity index (χ2v) is 6.93. The molecule has 0 amide bonds. The molecule has 1 aromatic rings. The third-order valence-electron chi connectivity index (χ3n) is 4.98. The van der Waals surface area contributed by atoms with E-state index in [-0.39, 0.29) is 0 Å². The molecule has 0 bridgehead atoms. The average molecular weight is 345 g/mol. The number of nitrogens with zero attached hydrogens (tertiary/aromatic N) is 1. The van der Waals surface area contributed by atoms with Crippen LogP contribution in [0.5, 0.6) is 5.75 Å². The van der Waals surface area contributed by atoms with E-state index in [1.54, 1.807) is 7.05 Å². The zero-order chi connectivity index (χ0) is 17.3. The van der Waals surface area contributed by atoms with Crippen molar-refractivity contribution in [2.45, 2.75) is 57.2 Å². The molecule has 0 aromatic heterocycles. The summed E-state index contributed by atoms with van der Waals surface area (Å²) in [6.07, 6.45) is 9.01. The van der Waals surface area contributed by atoms with Crippen molar-refractivity contribution in [1.29, 1.82) is 0 Å². The van der Waals surface area contributed by atoms with E-state index in [1.165, 1.54) is 37.7 Å². The van der Waals surface area contributed by atoms with Crippen LogP contribution in [0, 0.1) is 0 Å². The molecule has 1 atom stereocenters. The molecule has 1 aliphatic carbocycles. The summed E-state index contributed by atoms with van der Waals surface area (Å²) in [5, 5.41) is 6.71. The molecule has 1 aromatic carbocycles. The molecule has 1 heterocycles. The maximum Gasteiger partial charge on any atom is 0.191 e. The van der Waals surface area contributed by atoms with Crippen LogP contribution in [0.4, 0.5) is 0 Å². The molecule has 2 aliphatic rings. The lowest BCUT2D eigenvalue weighted by Crippen LogP contribution is -2.41. The maximum absolute atomic E-state index is 6.01. The van der Waals surface area contributed by atoms with Crippen LogP contribution in [-0.4, -0.2) is 44.9 Å². The van der Waals surface area contributed by atoms with Gasteiger partial charge in [0.15, 0.2) is 5.96 Å². The fraction of sp³-hybridized carbons (Fsp3) is 0.650. The normalized spacial score (nSPS) is 21.5. The molecule has 3 rings (SSSR count). The first-order valence-electron chi connectivity index (χ1n) is 9.65. The van der Waals surface area contributed by atoms with Crippen molar-refractivity contribution in [3.63, 3.8) is 0 Å². The third kappa shape index (κ3) is 5.92. The molecule has 25 heavy (non-hydrogen) atoms. The second kappa shape index (κ2) is 9.66. The van der Waals surface area contributed by atoms with Gasteiger partial charge in [-0.05, 0) is 62.6 Å². The molecular formula is C20H31N3O2. The molecule has 2 fully saturated rings. The van der Waals surface area contributed by atoms with Crippen LogP contribution >= 0.6 is 0 Å². The third-order valence-corrected chi connectivity index (χ3v) is 4.98. The van der Waals surface area contributed by atoms with Gasteiger partial charge in [0, 0.05) is 26.7 Å². The van der Waals surface area contributed by atoms with Crippen LogP contribution in [0.3, 0.4) is 0 Å². The Bertz CT molecular complexity index is 532. The van der Waals surface area contributed by atoms with Gasteiger partial charge in [0.1, 0.15) is 5.75 Å². The maximum atomic E-state index is 6.01. The van der Waals surface area contributed by atoms with E-state index < -0.39 is 0 Å².